The monoisotopic (exact) mass is 362 g/mol. The zero-order chi connectivity index (χ0) is 18.4. The molecule has 0 atom stereocenters. The highest BCUT2D eigenvalue weighted by Crippen LogP contribution is 2.24. The van der Waals surface area contributed by atoms with Crippen LogP contribution >= 0.6 is 0 Å². The molecule has 7 heteroatoms. The number of carbonyl (C=O) groups excluding carboxylic acids is 1. The molecule has 0 fully saturated rings. The molecule has 0 aliphatic rings. The van der Waals surface area contributed by atoms with Crippen molar-refractivity contribution in [1.29, 1.82) is 0 Å². The highest BCUT2D eigenvalue weighted by atomic mass is 32.2. The van der Waals surface area contributed by atoms with Crippen LogP contribution in [0.4, 0.5) is 0 Å². The average Bonchev–Trinajstić information content (AvgIpc) is 2.59. The highest BCUT2D eigenvalue weighted by Gasteiger charge is 2.25. The maximum atomic E-state index is 12.8. The number of hydrogen-bond acceptors (Lipinski definition) is 5. The molecular formula is C18H20NO5S-. The van der Waals surface area contributed by atoms with E-state index in [1.165, 1.54) is 19.2 Å². The average molecular weight is 362 g/mol. The molecule has 0 aromatic heterocycles. The van der Waals surface area contributed by atoms with Gasteiger partial charge in [0.25, 0.3) is 0 Å². The number of sulfonamides is 1. The molecule has 134 valence electrons. The molecular weight excluding hydrogens is 342 g/mol. The summed E-state index contributed by atoms with van der Waals surface area (Å²) < 4.78 is 31.7. The second kappa shape index (κ2) is 8.13. The zero-order valence-electron chi connectivity index (χ0n) is 14.1. The molecule has 0 radical (unpaired) electrons. The van der Waals surface area contributed by atoms with Gasteiger partial charge in [-0.05, 0) is 42.7 Å². The van der Waals surface area contributed by atoms with E-state index in [4.69, 9.17) is 4.74 Å². The van der Waals surface area contributed by atoms with Crippen LogP contribution < -0.4 is 9.84 Å². The maximum Gasteiger partial charge on any atom is 0.243 e. The number of aliphatic carboxylic acids is 1. The second-order valence-corrected chi connectivity index (χ2v) is 7.52. The summed E-state index contributed by atoms with van der Waals surface area (Å²) in [7, 11) is -2.46. The van der Waals surface area contributed by atoms with Gasteiger partial charge in [0.15, 0.2) is 0 Å². The lowest BCUT2D eigenvalue weighted by atomic mass is 10.1. The van der Waals surface area contributed by atoms with E-state index in [0.717, 1.165) is 9.87 Å². The molecule has 0 spiro atoms. The van der Waals surface area contributed by atoms with E-state index >= 15 is 0 Å². The van der Waals surface area contributed by atoms with Crippen molar-refractivity contribution in [3.63, 3.8) is 0 Å². The summed E-state index contributed by atoms with van der Waals surface area (Å²) in [6.07, 6.45) is 0.405. The van der Waals surface area contributed by atoms with Crippen molar-refractivity contribution >= 4 is 16.0 Å². The number of nitrogens with zero attached hydrogens (tertiary/aromatic N) is 1. The molecule has 0 saturated carbocycles. The Bertz CT molecular complexity index is 834. The minimum Gasteiger partial charge on any atom is -0.549 e. The van der Waals surface area contributed by atoms with Crippen LogP contribution in [0.1, 0.15) is 11.1 Å². The van der Waals surface area contributed by atoms with E-state index in [2.05, 4.69) is 0 Å². The minimum atomic E-state index is -3.96. The van der Waals surface area contributed by atoms with Gasteiger partial charge in [-0.25, -0.2) is 8.42 Å². The largest absolute Gasteiger partial charge is 0.549 e. The predicted octanol–water partition coefficient (Wildman–Crippen LogP) is 0.987. The van der Waals surface area contributed by atoms with Crippen molar-refractivity contribution in [2.45, 2.75) is 18.2 Å². The molecule has 0 aliphatic heterocycles. The van der Waals surface area contributed by atoms with Crippen LogP contribution in [0.5, 0.6) is 5.75 Å². The number of rotatable bonds is 8. The Kier molecular flexibility index (Phi) is 6.17. The molecule has 0 bridgehead atoms. The first kappa shape index (κ1) is 19.0. The fourth-order valence-electron chi connectivity index (χ4n) is 2.49. The van der Waals surface area contributed by atoms with Crippen LogP contribution in [0.2, 0.25) is 0 Å². The van der Waals surface area contributed by atoms with Crippen LogP contribution in [0, 0.1) is 6.92 Å². The molecule has 0 unspecified atom stereocenters. The van der Waals surface area contributed by atoms with Crippen LogP contribution in [-0.2, 0) is 21.2 Å². The number of aryl methyl sites for hydroxylation is 1. The normalized spacial score (nSPS) is 11.5. The molecule has 2 aromatic rings. The number of carboxylic acid groups (broad SMARTS) is 1. The third kappa shape index (κ3) is 4.80. The zero-order valence-corrected chi connectivity index (χ0v) is 15.0. The Morgan fingerprint density at radius 3 is 2.40 bits per heavy atom. The third-order valence-corrected chi connectivity index (χ3v) is 5.64. The van der Waals surface area contributed by atoms with E-state index in [1.54, 1.807) is 13.0 Å². The molecule has 0 heterocycles. The van der Waals surface area contributed by atoms with Crippen LogP contribution in [0.3, 0.4) is 0 Å². The summed E-state index contributed by atoms with van der Waals surface area (Å²) in [5.74, 6) is -0.878. The van der Waals surface area contributed by atoms with Crippen LogP contribution in [0.15, 0.2) is 53.4 Å². The van der Waals surface area contributed by atoms with Gasteiger partial charge in [0.1, 0.15) is 5.75 Å². The minimum absolute atomic E-state index is 0.0279. The number of methoxy groups -OCH3 is 1. The van der Waals surface area contributed by atoms with Gasteiger partial charge < -0.3 is 14.6 Å². The standard InChI is InChI=1S/C18H21NO5S/c1-14-12-16(8-9-17(14)24-2)25(22,23)19(13-18(20)21)11-10-15-6-4-3-5-7-15/h3-9,12H,10-11,13H2,1-2H3,(H,20,21)/p-1. The molecule has 0 N–H and O–H groups in total. The van der Waals surface area contributed by atoms with Crippen molar-refractivity contribution in [2.24, 2.45) is 0 Å². The van der Waals surface area contributed by atoms with E-state index in [9.17, 15) is 18.3 Å². The topological polar surface area (TPSA) is 86.7 Å². The van der Waals surface area contributed by atoms with Gasteiger partial charge in [-0.2, -0.15) is 4.31 Å². The number of hydrogen-bond donors (Lipinski definition) is 0. The first-order valence-electron chi connectivity index (χ1n) is 7.73. The lowest BCUT2D eigenvalue weighted by molar-refractivity contribution is -0.305. The smallest absolute Gasteiger partial charge is 0.243 e. The van der Waals surface area contributed by atoms with E-state index < -0.39 is 22.5 Å². The van der Waals surface area contributed by atoms with Gasteiger partial charge >= 0.3 is 0 Å². The van der Waals surface area contributed by atoms with E-state index in [1.807, 2.05) is 30.3 Å². The van der Waals surface area contributed by atoms with Gasteiger partial charge in [0, 0.05) is 6.54 Å². The Morgan fingerprint density at radius 2 is 1.84 bits per heavy atom. The summed E-state index contributed by atoms with van der Waals surface area (Å²) in [5, 5.41) is 11.0. The lowest BCUT2D eigenvalue weighted by Crippen LogP contribution is -2.42. The Hall–Kier alpha value is -2.38. The molecule has 6 nitrogen and oxygen atoms in total. The highest BCUT2D eigenvalue weighted by molar-refractivity contribution is 7.89. The fourth-order valence-corrected chi connectivity index (χ4v) is 3.96. The van der Waals surface area contributed by atoms with E-state index in [0.29, 0.717) is 17.7 Å². The fraction of sp³-hybridized carbons (Fsp3) is 0.278. The van der Waals surface area contributed by atoms with Crippen molar-refractivity contribution in [2.75, 3.05) is 20.2 Å². The maximum absolute atomic E-state index is 12.8. The second-order valence-electron chi connectivity index (χ2n) is 5.58. The summed E-state index contributed by atoms with van der Waals surface area (Å²) >= 11 is 0. The van der Waals surface area contributed by atoms with Crippen molar-refractivity contribution in [1.82, 2.24) is 4.31 Å². The summed E-state index contributed by atoms with van der Waals surface area (Å²) in [6, 6.07) is 13.7. The van der Waals surface area contributed by atoms with Gasteiger partial charge in [0.05, 0.1) is 24.5 Å². The summed E-state index contributed by atoms with van der Waals surface area (Å²) in [4.78, 5) is 11.1. The SMILES string of the molecule is COc1ccc(S(=O)(=O)N(CCc2ccccc2)CC(=O)[O-])cc1C. The first-order valence-corrected chi connectivity index (χ1v) is 9.17. The van der Waals surface area contributed by atoms with Crippen LogP contribution in [0.25, 0.3) is 0 Å². The molecule has 2 aromatic carbocycles. The van der Waals surface area contributed by atoms with Crippen molar-refractivity contribution in [3.05, 3.63) is 59.7 Å². The summed E-state index contributed by atoms with van der Waals surface area (Å²) in [5.41, 5.74) is 1.58. The first-order chi connectivity index (χ1) is 11.8. The molecule has 0 aliphatic carbocycles. The van der Waals surface area contributed by atoms with Gasteiger partial charge in [-0.3, -0.25) is 0 Å². The lowest BCUT2D eigenvalue weighted by Gasteiger charge is -2.23. The Balaban J connectivity index is 2.28. The Labute approximate surface area is 147 Å². The number of carboxylic acids is 1. The summed E-state index contributed by atoms with van der Waals surface area (Å²) in [6.45, 7) is 1.08. The number of ether oxygens (including phenoxy) is 1. The predicted molar refractivity (Wildman–Crippen MR) is 91.6 cm³/mol. The number of carbonyl (C=O) groups is 1. The molecule has 0 amide bonds. The molecule has 2 rings (SSSR count). The van der Waals surface area contributed by atoms with Crippen LogP contribution in [-0.4, -0.2) is 38.9 Å². The quantitative estimate of drug-likeness (QED) is 0.699. The van der Waals surface area contributed by atoms with Crippen molar-refractivity contribution in [3.8, 4) is 5.75 Å². The number of benzene rings is 2. The van der Waals surface area contributed by atoms with Gasteiger partial charge in [-0.15, -0.1) is 0 Å². The van der Waals surface area contributed by atoms with Gasteiger partial charge in [0.2, 0.25) is 10.0 Å². The van der Waals surface area contributed by atoms with Gasteiger partial charge in [-0.1, -0.05) is 30.3 Å². The Morgan fingerprint density at radius 1 is 1.16 bits per heavy atom. The third-order valence-electron chi connectivity index (χ3n) is 3.80. The molecule has 0 saturated heterocycles. The van der Waals surface area contributed by atoms with E-state index in [-0.39, 0.29) is 11.4 Å². The van der Waals surface area contributed by atoms with Crippen molar-refractivity contribution < 1.29 is 23.1 Å². The molecule has 25 heavy (non-hydrogen) atoms.